The number of hydrogen-bond donors (Lipinski definition) is 0. The topological polar surface area (TPSA) is 75.6 Å². The Bertz CT molecular complexity index is 810. The summed E-state index contributed by atoms with van der Waals surface area (Å²) in [5.74, 6) is -0.613. The highest BCUT2D eigenvalue weighted by Crippen LogP contribution is 2.29. The second-order valence-corrected chi connectivity index (χ2v) is 4.60. The number of methoxy groups -OCH3 is 1. The SMILES string of the molecule is COC(=O)c1c(OCc2ccccc2)c2ccoc2c[n+]1[O-]. The van der Waals surface area contributed by atoms with Crippen LogP contribution in [0, 0.1) is 5.21 Å². The van der Waals surface area contributed by atoms with E-state index >= 15 is 0 Å². The molecule has 0 aliphatic rings. The Labute approximate surface area is 126 Å². The fourth-order valence-electron chi connectivity index (χ4n) is 2.16. The van der Waals surface area contributed by atoms with Gasteiger partial charge in [-0.25, -0.2) is 4.79 Å². The number of esters is 1. The number of ether oxygens (including phenoxy) is 2. The minimum absolute atomic E-state index is 0.150. The summed E-state index contributed by atoms with van der Waals surface area (Å²) in [4.78, 5) is 11.9. The third kappa shape index (κ3) is 2.46. The zero-order chi connectivity index (χ0) is 15.5. The third-order valence-corrected chi connectivity index (χ3v) is 3.21. The highest BCUT2D eigenvalue weighted by molar-refractivity contribution is 5.96. The van der Waals surface area contributed by atoms with E-state index in [0.717, 1.165) is 5.56 Å². The number of furan rings is 1. The van der Waals surface area contributed by atoms with Crippen LogP contribution >= 0.6 is 0 Å². The van der Waals surface area contributed by atoms with Crippen molar-refractivity contribution in [1.29, 1.82) is 0 Å². The number of aromatic nitrogens is 1. The number of nitrogens with zero attached hydrogens (tertiary/aromatic N) is 1. The molecule has 2 aromatic heterocycles. The molecule has 0 spiro atoms. The van der Waals surface area contributed by atoms with E-state index in [4.69, 9.17) is 9.15 Å². The predicted molar refractivity (Wildman–Crippen MR) is 77.3 cm³/mol. The molecule has 22 heavy (non-hydrogen) atoms. The van der Waals surface area contributed by atoms with Gasteiger partial charge in [0.2, 0.25) is 17.5 Å². The van der Waals surface area contributed by atoms with Crippen LogP contribution in [-0.4, -0.2) is 13.1 Å². The molecule has 3 rings (SSSR count). The zero-order valence-electron chi connectivity index (χ0n) is 11.8. The molecule has 0 saturated carbocycles. The van der Waals surface area contributed by atoms with Crippen molar-refractivity contribution in [2.45, 2.75) is 6.61 Å². The van der Waals surface area contributed by atoms with Crippen LogP contribution in [-0.2, 0) is 11.3 Å². The third-order valence-electron chi connectivity index (χ3n) is 3.21. The molecule has 6 heteroatoms. The van der Waals surface area contributed by atoms with Crippen LogP contribution in [0.4, 0.5) is 0 Å². The van der Waals surface area contributed by atoms with Gasteiger partial charge in [0.1, 0.15) is 6.61 Å². The summed E-state index contributed by atoms with van der Waals surface area (Å²) in [5.41, 5.74) is 1.05. The largest absolute Gasteiger partial charge is 0.618 e. The van der Waals surface area contributed by atoms with E-state index in [1.807, 2.05) is 30.3 Å². The van der Waals surface area contributed by atoms with Crippen LogP contribution in [0.1, 0.15) is 16.1 Å². The van der Waals surface area contributed by atoms with Crippen molar-refractivity contribution in [1.82, 2.24) is 0 Å². The molecule has 112 valence electrons. The number of carbonyl (C=O) groups is 1. The number of rotatable bonds is 4. The van der Waals surface area contributed by atoms with Gasteiger partial charge in [-0.05, 0) is 11.6 Å². The Hall–Kier alpha value is -3.02. The fourth-order valence-corrected chi connectivity index (χ4v) is 2.16. The monoisotopic (exact) mass is 299 g/mol. The van der Waals surface area contributed by atoms with Gasteiger partial charge in [-0.2, -0.15) is 4.73 Å². The number of carbonyl (C=O) groups excluding carboxylic acids is 1. The van der Waals surface area contributed by atoms with Crippen molar-refractivity contribution in [3.05, 3.63) is 65.3 Å². The van der Waals surface area contributed by atoms with Crippen molar-refractivity contribution in [2.24, 2.45) is 0 Å². The molecule has 2 heterocycles. The lowest BCUT2D eigenvalue weighted by atomic mass is 10.2. The molecular formula is C16H13NO5. The van der Waals surface area contributed by atoms with Crippen LogP contribution < -0.4 is 9.47 Å². The van der Waals surface area contributed by atoms with Crippen molar-refractivity contribution < 1.29 is 23.4 Å². The van der Waals surface area contributed by atoms with E-state index < -0.39 is 5.97 Å². The molecule has 0 aliphatic carbocycles. The lowest BCUT2D eigenvalue weighted by Gasteiger charge is -2.11. The summed E-state index contributed by atoms with van der Waals surface area (Å²) < 4.78 is 16.0. The molecule has 0 N–H and O–H groups in total. The van der Waals surface area contributed by atoms with E-state index in [1.54, 1.807) is 6.07 Å². The first-order chi connectivity index (χ1) is 10.7. The number of hydrogen-bond acceptors (Lipinski definition) is 5. The van der Waals surface area contributed by atoms with Crippen molar-refractivity contribution >= 4 is 16.9 Å². The molecule has 6 nitrogen and oxygen atoms in total. The van der Waals surface area contributed by atoms with Crippen molar-refractivity contribution in [3.63, 3.8) is 0 Å². The van der Waals surface area contributed by atoms with E-state index in [9.17, 15) is 10.0 Å². The highest BCUT2D eigenvalue weighted by atomic mass is 16.5. The summed E-state index contributed by atoms with van der Waals surface area (Å²) in [6.45, 7) is 0.217. The van der Waals surface area contributed by atoms with Gasteiger partial charge in [-0.1, -0.05) is 30.3 Å². The fraction of sp³-hybridized carbons (Fsp3) is 0.125. The van der Waals surface area contributed by atoms with E-state index in [0.29, 0.717) is 15.7 Å². The maximum Gasteiger partial charge on any atom is 0.408 e. The summed E-state index contributed by atoms with van der Waals surface area (Å²) in [6, 6.07) is 11.1. The highest BCUT2D eigenvalue weighted by Gasteiger charge is 2.28. The van der Waals surface area contributed by atoms with Gasteiger partial charge in [0.05, 0.1) is 18.8 Å². The summed E-state index contributed by atoms with van der Waals surface area (Å²) in [7, 11) is 1.21. The zero-order valence-corrected chi connectivity index (χ0v) is 11.8. The molecule has 0 saturated heterocycles. The molecule has 0 unspecified atom stereocenters. The van der Waals surface area contributed by atoms with Crippen LogP contribution in [0.15, 0.2) is 53.3 Å². The van der Waals surface area contributed by atoms with Gasteiger partial charge in [0, 0.05) is 0 Å². The quantitative estimate of drug-likeness (QED) is 0.420. The standard InChI is InChI=1S/C16H13NO5/c1-20-16(18)14-15(22-10-11-5-3-2-4-6-11)12-7-8-21-13(12)9-17(14)19/h2-9H,10H2,1H3. The van der Waals surface area contributed by atoms with Crippen molar-refractivity contribution in [2.75, 3.05) is 7.11 Å². The van der Waals surface area contributed by atoms with Gasteiger partial charge in [-0.3, -0.25) is 0 Å². The Morgan fingerprint density at radius 3 is 2.77 bits per heavy atom. The Morgan fingerprint density at radius 2 is 2.05 bits per heavy atom. The average Bonchev–Trinajstić information content (AvgIpc) is 3.00. The van der Waals surface area contributed by atoms with Crippen LogP contribution in [0.3, 0.4) is 0 Å². The van der Waals surface area contributed by atoms with Gasteiger partial charge < -0.3 is 19.1 Å². The molecule has 1 aromatic carbocycles. The lowest BCUT2D eigenvalue weighted by Crippen LogP contribution is -2.35. The summed E-state index contributed by atoms with van der Waals surface area (Å²) in [5, 5.41) is 12.6. The molecule has 0 fully saturated rings. The smallest absolute Gasteiger partial charge is 0.408 e. The summed E-state index contributed by atoms with van der Waals surface area (Å²) >= 11 is 0. The maximum atomic E-state index is 12.0. The summed E-state index contributed by atoms with van der Waals surface area (Å²) in [6.07, 6.45) is 2.61. The van der Waals surface area contributed by atoms with E-state index in [-0.39, 0.29) is 18.1 Å². The normalized spacial score (nSPS) is 10.6. The number of benzene rings is 1. The minimum Gasteiger partial charge on any atom is -0.618 e. The van der Waals surface area contributed by atoms with Crippen molar-refractivity contribution in [3.8, 4) is 5.75 Å². The van der Waals surface area contributed by atoms with E-state index in [1.165, 1.54) is 19.6 Å². The lowest BCUT2D eigenvalue weighted by molar-refractivity contribution is -0.607. The van der Waals surface area contributed by atoms with Gasteiger partial charge >= 0.3 is 11.7 Å². The second-order valence-electron chi connectivity index (χ2n) is 4.60. The first kappa shape index (κ1) is 13.9. The predicted octanol–water partition coefficient (Wildman–Crippen LogP) is 2.43. The van der Waals surface area contributed by atoms with Gasteiger partial charge in [0.25, 0.3) is 0 Å². The Kier molecular flexibility index (Phi) is 3.65. The van der Waals surface area contributed by atoms with Gasteiger partial charge in [0.15, 0.2) is 0 Å². The number of pyridine rings is 1. The molecule has 3 aromatic rings. The van der Waals surface area contributed by atoms with Crippen LogP contribution in [0.5, 0.6) is 5.75 Å². The Balaban J connectivity index is 2.05. The molecular weight excluding hydrogens is 286 g/mol. The molecule has 0 amide bonds. The maximum absolute atomic E-state index is 12.0. The van der Waals surface area contributed by atoms with Crippen LogP contribution in [0.2, 0.25) is 0 Å². The minimum atomic E-state index is -0.763. The average molecular weight is 299 g/mol. The first-order valence-corrected chi connectivity index (χ1v) is 6.59. The van der Waals surface area contributed by atoms with Crippen LogP contribution in [0.25, 0.3) is 11.0 Å². The van der Waals surface area contributed by atoms with E-state index in [2.05, 4.69) is 4.74 Å². The number of fused-ring (bicyclic) bond motifs is 1. The Morgan fingerprint density at radius 1 is 1.27 bits per heavy atom. The second kappa shape index (κ2) is 5.77. The molecule has 0 bridgehead atoms. The molecule has 0 atom stereocenters. The first-order valence-electron chi connectivity index (χ1n) is 6.59. The molecule has 0 aliphatic heterocycles. The van der Waals surface area contributed by atoms with Gasteiger partial charge in [-0.15, -0.1) is 0 Å². The molecule has 0 radical (unpaired) electrons.